The molecule has 9 heteroatoms. The minimum absolute atomic E-state index is 0.105. The number of rotatable bonds is 3. The molecule has 2 aliphatic rings. The summed E-state index contributed by atoms with van der Waals surface area (Å²) in [6, 6.07) is 7.22. The first-order chi connectivity index (χ1) is 12.5. The molecular weight excluding hydrogens is 366 g/mol. The van der Waals surface area contributed by atoms with Crippen LogP contribution in [0.5, 0.6) is 0 Å². The van der Waals surface area contributed by atoms with Crippen molar-refractivity contribution in [2.24, 2.45) is 10.3 Å². The highest BCUT2D eigenvalue weighted by Crippen LogP contribution is 2.34. The molecular formula is C17H11ClF2N4O2. The zero-order valence-corrected chi connectivity index (χ0v) is 13.9. The Morgan fingerprint density at radius 1 is 1.04 bits per heavy atom. The number of halogens is 3. The minimum atomic E-state index is -1.02. The van der Waals surface area contributed by atoms with Gasteiger partial charge in [0.2, 0.25) is 0 Å². The summed E-state index contributed by atoms with van der Waals surface area (Å²) < 4.78 is 27.1. The minimum Gasteiger partial charge on any atom is -0.271 e. The third-order valence-electron chi connectivity index (χ3n) is 4.32. The van der Waals surface area contributed by atoms with Crippen molar-refractivity contribution in [3.05, 3.63) is 64.7 Å². The number of anilines is 1. The van der Waals surface area contributed by atoms with Gasteiger partial charge in [-0.3, -0.25) is 14.6 Å². The number of carbonyl (C=O) groups excluding carboxylic acids is 2. The lowest BCUT2D eigenvalue weighted by molar-refractivity contribution is -0.123. The molecule has 0 radical (unpaired) electrons. The van der Waals surface area contributed by atoms with E-state index in [4.69, 9.17) is 11.6 Å². The maximum atomic E-state index is 14.0. The SMILES string of the molecule is O=C1C2N=NN(Cc3c(F)cccc3Cl)C2C(=O)N1c1ccc(F)cc1. The lowest BCUT2D eigenvalue weighted by Crippen LogP contribution is -2.39. The predicted octanol–water partition coefficient (Wildman–Crippen LogP) is 3.11. The molecule has 2 aromatic carbocycles. The summed E-state index contributed by atoms with van der Waals surface area (Å²) in [7, 11) is 0. The lowest BCUT2D eigenvalue weighted by Gasteiger charge is -2.21. The van der Waals surface area contributed by atoms with Gasteiger partial charge in [-0.15, -0.1) is 0 Å². The van der Waals surface area contributed by atoms with Crippen LogP contribution < -0.4 is 4.90 Å². The van der Waals surface area contributed by atoms with Crippen LogP contribution in [0.2, 0.25) is 5.02 Å². The van der Waals surface area contributed by atoms with Crippen LogP contribution in [-0.2, 0) is 16.1 Å². The van der Waals surface area contributed by atoms with Crippen LogP contribution in [0.4, 0.5) is 14.5 Å². The number of benzene rings is 2. The van der Waals surface area contributed by atoms with Gasteiger partial charge in [0.05, 0.1) is 12.2 Å². The second-order valence-electron chi connectivity index (χ2n) is 5.88. The van der Waals surface area contributed by atoms with Crippen LogP contribution in [-0.4, -0.2) is 28.9 Å². The van der Waals surface area contributed by atoms with Crippen molar-refractivity contribution in [3.8, 4) is 0 Å². The van der Waals surface area contributed by atoms with Crippen molar-refractivity contribution in [1.29, 1.82) is 0 Å². The van der Waals surface area contributed by atoms with E-state index in [1.807, 2.05) is 0 Å². The summed E-state index contributed by atoms with van der Waals surface area (Å²) in [5, 5.41) is 9.14. The quantitative estimate of drug-likeness (QED) is 0.773. The Morgan fingerprint density at radius 3 is 2.46 bits per heavy atom. The number of hydrogen-bond donors (Lipinski definition) is 0. The van der Waals surface area contributed by atoms with E-state index in [-0.39, 0.29) is 22.8 Å². The molecule has 2 atom stereocenters. The molecule has 132 valence electrons. The van der Waals surface area contributed by atoms with Crippen molar-refractivity contribution in [2.45, 2.75) is 18.6 Å². The molecule has 1 saturated heterocycles. The van der Waals surface area contributed by atoms with Crippen molar-refractivity contribution in [1.82, 2.24) is 5.01 Å². The molecule has 0 aliphatic carbocycles. The largest absolute Gasteiger partial charge is 0.271 e. The van der Waals surface area contributed by atoms with E-state index in [1.54, 1.807) is 0 Å². The molecule has 0 aromatic heterocycles. The first kappa shape index (κ1) is 16.6. The Kier molecular flexibility index (Phi) is 3.91. The van der Waals surface area contributed by atoms with Gasteiger partial charge in [0.25, 0.3) is 11.8 Å². The highest BCUT2D eigenvalue weighted by molar-refractivity contribution is 6.31. The van der Waals surface area contributed by atoms with Gasteiger partial charge in [-0.05, 0) is 36.4 Å². The van der Waals surface area contributed by atoms with E-state index < -0.39 is 35.5 Å². The fourth-order valence-electron chi connectivity index (χ4n) is 3.04. The second-order valence-corrected chi connectivity index (χ2v) is 6.29. The predicted molar refractivity (Wildman–Crippen MR) is 88.3 cm³/mol. The average molecular weight is 377 g/mol. The van der Waals surface area contributed by atoms with Crippen LogP contribution in [0.3, 0.4) is 0 Å². The number of hydrogen-bond acceptors (Lipinski definition) is 5. The lowest BCUT2D eigenvalue weighted by atomic mass is 10.1. The molecule has 0 spiro atoms. The Labute approximate surface area is 151 Å². The molecule has 2 aromatic rings. The van der Waals surface area contributed by atoms with E-state index in [0.29, 0.717) is 0 Å². The summed E-state index contributed by atoms with van der Waals surface area (Å²) in [4.78, 5) is 26.3. The highest BCUT2D eigenvalue weighted by Gasteiger charge is 2.54. The third-order valence-corrected chi connectivity index (χ3v) is 4.68. The summed E-state index contributed by atoms with van der Waals surface area (Å²) in [6.45, 7) is -0.105. The first-order valence-electron chi connectivity index (χ1n) is 7.71. The molecule has 0 saturated carbocycles. The van der Waals surface area contributed by atoms with E-state index in [2.05, 4.69) is 10.3 Å². The molecule has 6 nitrogen and oxygen atoms in total. The van der Waals surface area contributed by atoms with Gasteiger partial charge < -0.3 is 0 Å². The molecule has 26 heavy (non-hydrogen) atoms. The molecule has 2 aliphatic heterocycles. The number of carbonyl (C=O) groups is 2. The molecule has 0 bridgehead atoms. The molecule has 2 heterocycles. The number of fused-ring (bicyclic) bond motifs is 1. The Bertz CT molecular complexity index is 915. The number of nitrogens with zero attached hydrogens (tertiary/aromatic N) is 4. The molecule has 2 unspecified atom stereocenters. The topological polar surface area (TPSA) is 65.3 Å². The number of amides is 2. The van der Waals surface area contributed by atoms with Crippen LogP contribution in [0.15, 0.2) is 52.8 Å². The summed E-state index contributed by atoms with van der Waals surface area (Å²) in [5.74, 6) is -2.13. The molecule has 4 rings (SSSR count). The maximum absolute atomic E-state index is 14.0. The maximum Gasteiger partial charge on any atom is 0.263 e. The molecule has 0 N–H and O–H groups in total. The normalized spacial score (nSPS) is 21.7. The van der Waals surface area contributed by atoms with Gasteiger partial charge in [0.15, 0.2) is 12.1 Å². The fourth-order valence-corrected chi connectivity index (χ4v) is 3.27. The van der Waals surface area contributed by atoms with Crippen molar-refractivity contribution >= 4 is 29.1 Å². The Hall–Kier alpha value is -2.87. The van der Waals surface area contributed by atoms with Crippen LogP contribution in [0.25, 0.3) is 0 Å². The zero-order chi connectivity index (χ0) is 18.4. The van der Waals surface area contributed by atoms with E-state index in [1.165, 1.54) is 35.3 Å². The Morgan fingerprint density at radius 2 is 1.77 bits per heavy atom. The van der Waals surface area contributed by atoms with Crippen LogP contribution in [0.1, 0.15) is 5.56 Å². The van der Waals surface area contributed by atoms with Gasteiger partial charge in [0.1, 0.15) is 11.6 Å². The summed E-state index contributed by atoms with van der Waals surface area (Å²) in [5.41, 5.74) is 0.407. The van der Waals surface area contributed by atoms with Gasteiger partial charge >= 0.3 is 0 Å². The van der Waals surface area contributed by atoms with Gasteiger partial charge in [0, 0.05) is 10.6 Å². The van der Waals surface area contributed by atoms with E-state index in [9.17, 15) is 18.4 Å². The van der Waals surface area contributed by atoms with Gasteiger partial charge in [-0.25, -0.2) is 13.7 Å². The third kappa shape index (κ3) is 2.53. The molecule has 1 fully saturated rings. The van der Waals surface area contributed by atoms with E-state index in [0.717, 1.165) is 17.0 Å². The summed E-state index contributed by atoms with van der Waals surface area (Å²) >= 11 is 6.02. The fraction of sp³-hybridized carbons (Fsp3) is 0.176. The Balaban J connectivity index is 1.63. The second kappa shape index (κ2) is 6.14. The molecule has 2 amide bonds. The average Bonchev–Trinajstić information content (AvgIpc) is 3.13. The van der Waals surface area contributed by atoms with Crippen molar-refractivity contribution in [3.63, 3.8) is 0 Å². The van der Waals surface area contributed by atoms with Crippen molar-refractivity contribution in [2.75, 3.05) is 4.90 Å². The smallest absolute Gasteiger partial charge is 0.263 e. The highest BCUT2D eigenvalue weighted by atomic mass is 35.5. The first-order valence-corrected chi connectivity index (χ1v) is 8.09. The van der Waals surface area contributed by atoms with Crippen molar-refractivity contribution < 1.29 is 18.4 Å². The standard InChI is InChI=1S/C17H11ClF2N4O2/c18-12-2-1-3-13(20)11(12)8-23-15-14(21-22-23)16(25)24(17(15)26)10-6-4-9(19)5-7-10/h1-7,14-15H,8H2. The van der Waals surface area contributed by atoms with Gasteiger partial charge in [-0.2, -0.15) is 5.11 Å². The van der Waals surface area contributed by atoms with Crippen LogP contribution in [0, 0.1) is 11.6 Å². The monoisotopic (exact) mass is 376 g/mol. The number of imide groups is 1. The van der Waals surface area contributed by atoms with E-state index >= 15 is 0 Å². The summed E-state index contributed by atoms with van der Waals surface area (Å²) in [6.07, 6.45) is 0. The van der Waals surface area contributed by atoms with Crippen LogP contribution >= 0.6 is 11.6 Å². The van der Waals surface area contributed by atoms with Gasteiger partial charge in [-0.1, -0.05) is 22.9 Å². The zero-order valence-electron chi connectivity index (χ0n) is 13.1.